The van der Waals surface area contributed by atoms with E-state index in [9.17, 15) is 18.4 Å². The van der Waals surface area contributed by atoms with Gasteiger partial charge in [0.2, 0.25) is 0 Å². The number of benzene rings is 2. The van der Waals surface area contributed by atoms with Gasteiger partial charge < -0.3 is 10.1 Å². The second kappa shape index (κ2) is 7.68. The molecule has 0 aliphatic rings. The van der Waals surface area contributed by atoms with E-state index >= 15 is 0 Å². The van der Waals surface area contributed by atoms with Gasteiger partial charge in [-0.1, -0.05) is 0 Å². The molecule has 3 rings (SSSR count). The second-order valence-electron chi connectivity index (χ2n) is 5.47. The quantitative estimate of drug-likeness (QED) is 0.688. The summed E-state index contributed by atoms with van der Waals surface area (Å²) in [5.41, 5.74) is 0.910. The first-order chi connectivity index (χ1) is 12.9. The van der Waals surface area contributed by atoms with E-state index in [1.807, 2.05) is 0 Å². The molecule has 0 unspecified atom stereocenters. The maximum atomic E-state index is 13.2. The van der Waals surface area contributed by atoms with Gasteiger partial charge in [-0.25, -0.2) is 18.3 Å². The SMILES string of the molecule is C[C@H](OC(=O)c1ccc(-n2cnnn2)cc1)C(=O)Nc1ccc(F)c(F)c1. The van der Waals surface area contributed by atoms with Crippen LogP contribution in [-0.2, 0) is 9.53 Å². The summed E-state index contributed by atoms with van der Waals surface area (Å²) in [5, 5.41) is 13.1. The van der Waals surface area contributed by atoms with Gasteiger partial charge in [0.05, 0.1) is 11.3 Å². The van der Waals surface area contributed by atoms with Crippen LogP contribution in [0.1, 0.15) is 17.3 Å². The van der Waals surface area contributed by atoms with Crippen molar-refractivity contribution < 1.29 is 23.1 Å². The minimum atomic E-state index is -1.15. The van der Waals surface area contributed by atoms with Crippen molar-refractivity contribution in [2.45, 2.75) is 13.0 Å². The number of carbonyl (C=O) groups is 2. The van der Waals surface area contributed by atoms with Gasteiger partial charge in [0.25, 0.3) is 5.91 Å². The molecule has 0 aliphatic heterocycles. The minimum Gasteiger partial charge on any atom is -0.449 e. The number of amides is 1. The fraction of sp³-hybridized carbons (Fsp3) is 0.118. The van der Waals surface area contributed by atoms with Crippen molar-refractivity contribution in [3.05, 3.63) is 66.0 Å². The zero-order valence-electron chi connectivity index (χ0n) is 14.0. The molecule has 10 heteroatoms. The van der Waals surface area contributed by atoms with Gasteiger partial charge in [-0.05, 0) is 53.7 Å². The molecule has 1 N–H and O–H groups in total. The minimum absolute atomic E-state index is 0.0487. The third kappa shape index (κ3) is 4.29. The van der Waals surface area contributed by atoms with Crippen molar-refractivity contribution in [1.82, 2.24) is 20.2 Å². The second-order valence-corrected chi connectivity index (χ2v) is 5.47. The molecule has 0 radical (unpaired) electrons. The van der Waals surface area contributed by atoms with E-state index in [0.29, 0.717) is 5.69 Å². The van der Waals surface area contributed by atoms with Crippen LogP contribution in [-0.4, -0.2) is 38.2 Å². The molecule has 0 saturated heterocycles. The Morgan fingerprint density at radius 3 is 2.48 bits per heavy atom. The zero-order chi connectivity index (χ0) is 19.4. The van der Waals surface area contributed by atoms with E-state index in [0.717, 1.165) is 12.1 Å². The van der Waals surface area contributed by atoms with Crippen LogP contribution in [0.3, 0.4) is 0 Å². The van der Waals surface area contributed by atoms with Crippen LogP contribution in [0.25, 0.3) is 5.69 Å². The Kier molecular flexibility index (Phi) is 5.15. The molecule has 0 aliphatic carbocycles. The highest BCUT2D eigenvalue weighted by Crippen LogP contribution is 2.14. The van der Waals surface area contributed by atoms with Crippen molar-refractivity contribution in [3.63, 3.8) is 0 Å². The normalized spacial score (nSPS) is 11.7. The first-order valence-electron chi connectivity index (χ1n) is 7.74. The average Bonchev–Trinajstić information content (AvgIpc) is 3.19. The summed E-state index contributed by atoms with van der Waals surface area (Å²) in [4.78, 5) is 24.2. The lowest BCUT2D eigenvalue weighted by Crippen LogP contribution is -2.30. The lowest BCUT2D eigenvalue weighted by Gasteiger charge is -2.14. The Morgan fingerprint density at radius 2 is 1.85 bits per heavy atom. The number of hydrogen-bond donors (Lipinski definition) is 1. The topological polar surface area (TPSA) is 99.0 Å². The molecule has 138 valence electrons. The van der Waals surface area contributed by atoms with Gasteiger partial charge in [0.15, 0.2) is 17.7 Å². The largest absolute Gasteiger partial charge is 0.449 e. The maximum Gasteiger partial charge on any atom is 0.338 e. The van der Waals surface area contributed by atoms with Crippen LogP contribution in [0.4, 0.5) is 14.5 Å². The Bertz CT molecular complexity index is 961. The number of tetrazole rings is 1. The molecule has 0 saturated carbocycles. The average molecular weight is 373 g/mol. The Hall–Kier alpha value is -3.69. The Labute approximate surface area is 151 Å². The molecule has 3 aromatic rings. The highest BCUT2D eigenvalue weighted by atomic mass is 19.2. The van der Waals surface area contributed by atoms with Gasteiger partial charge in [-0.3, -0.25) is 4.79 Å². The number of nitrogens with zero attached hydrogens (tertiary/aromatic N) is 4. The Morgan fingerprint density at radius 1 is 1.11 bits per heavy atom. The lowest BCUT2D eigenvalue weighted by atomic mass is 10.2. The van der Waals surface area contributed by atoms with Crippen LogP contribution in [0.5, 0.6) is 0 Å². The fourth-order valence-electron chi connectivity index (χ4n) is 2.13. The van der Waals surface area contributed by atoms with Gasteiger partial charge >= 0.3 is 5.97 Å². The molecule has 27 heavy (non-hydrogen) atoms. The van der Waals surface area contributed by atoms with Crippen molar-refractivity contribution in [1.29, 1.82) is 0 Å². The summed E-state index contributed by atoms with van der Waals surface area (Å²) in [6.45, 7) is 1.36. The highest BCUT2D eigenvalue weighted by molar-refractivity contribution is 5.97. The van der Waals surface area contributed by atoms with Crippen LogP contribution < -0.4 is 5.32 Å². The summed E-state index contributed by atoms with van der Waals surface area (Å²) in [5.74, 6) is -3.52. The van der Waals surface area contributed by atoms with Crippen LogP contribution >= 0.6 is 0 Å². The Balaban J connectivity index is 1.61. The van der Waals surface area contributed by atoms with Crippen molar-refractivity contribution >= 4 is 17.6 Å². The number of nitrogens with one attached hydrogen (secondary N) is 1. The first kappa shape index (κ1) is 18.1. The monoisotopic (exact) mass is 373 g/mol. The number of ether oxygens (including phenoxy) is 1. The van der Waals surface area contributed by atoms with Gasteiger partial charge in [0.1, 0.15) is 6.33 Å². The zero-order valence-corrected chi connectivity index (χ0v) is 14.0. The molecule has 1 aromatic heterocycles. The molecular formula is C17H13F2N5O3. The molecule has 1 heterocycles. The molecule has 2 aromatic carbocycles. The van der Waals surface area contributed by atoms with Gasteiger partial charge in [0, 0.05) is 11.8 Å². The van der Waals surface area contributed by atoms with Crippen LogP contribution in [0.15, 0.2) is 48.8 Å². The van der Waals surface area contributed by atoms with E-state index in [4.69, 9.17) is 4.74 Å². The van der Waals surface area contributed by atoms with Crippen molar-refractivity contribution in [2.75, 3.05) is 5.32 Å². The number of esters is 1. The first-order valence-corrected chi connectivity index (χ1v) is 7.74. The number of rotatable bonds is 5. The van der Waals surface area contributed by atoms with Crippen molar-refractivity contribution in [2.24, 2.45) is 0 Å². The van der Waals surface area contributed by atoms with E-state index in [1.54, 1.807) is 12.1 Å². The molecule has 0 fully saturated rings. The summed E-state index contributed by atoms with van der Waals surface area (Å²) in [6, 6.07) is 9.13. The third-order valence-corrected chi connectivity index (χ3v) is 3.56. The number of anilines is 1. The van der Waals surface area contributed by atoms with E-state index in [2.05, 4.69) is 20.8 Å². The standard InChI is InChI=1S/C17H13F2N5O3/c1-10(16(25)21-12-4-7-14(18)15(19)8-12)27-17(26)11-2-5-13(6-3-11)24-9-20-22-23-24/h2-10H,1H3,(H,21,25)/t10-/m0/s1. The molecule has 1 amide bonds. The summed E-state index contributed by atoms with van der Waals surface area (Å²) < 4.78 is 32.6. The van der Waals surface area contributed by atoms with Crippen molar-refractivity contribution in [3.8, 4) is 5.69 Å². The van der Waals surface area contributed by atoms with Gasteiger partial charge in [-0.2, -0.15) is 0 Å². The predicted octanol–water partition coefficient (Wildman–Crippen LogP) is 2.12. The summed E-state index contributed by atoms with van der Waals surface area (Å²) in [6.07, 6.45) is 0.252. The van der Waals surface area contributed by atoms with Gasteiger partial charge in [-0.15, -0.1) is 5.10 Å². The fourth-order valence-corrected chi connectivity index (χ4v) is 2.13. The number of halogens is 2. The number of carbonyl (C=O) groups excluding carboxylic acids is 2. The highest BCUT2D eigenvalue weighted by Gasteiger charge is 2.19. The number of hydrogen-bond acceptors (Lipinski definition) is 6. The molecule has 1 atom stereocenters. The van der Waals surface area contributed by atoms with E-state index in [1.165, 1.54) is 36.1 Å². The summed E-state index contributed by atoms with van der Waals surface area (Å²) in [7, 11) is 0. The third-order valence-electron chi connectivity index (χ3n) is 3.56. The smallest absolute Gasteiger partial charge is 0.338 e. The van der Waals surface area contributed by atoms with Crippen LogP contribution in [0.2, 0.25) is 0 Å². The van der Waals surface area contributed by atoms with Crippen LogP contribution in [0, 0.1) is 11.6 Å². The lowest BCUT2D eigenvalue weighted by molar-refractivity contribution is -0.123. The maximum absolute atomic E-state index is 13.2. The molecule has 8 nitrogen and oxygen atoms in total. The van der Waals surface area contributed by atoms with E-state index < -0.39 is 29.6 Å². The molecule has 0 bridgehead atoms. The summed E-state index contributed by atoms with van der Waals surface area (Å²) >= 11 is 0. The predicted molar refractivity (Wildman–Crippen MR) is 89.0 cm³/mol. The van der Waals surface area contributed by atoms with E-state index in [-0.39, 0.29) is 11.3 Å². The molecular weight excluding hydrogens is 360 g/mol. The number of aromatic nitrogens is 4. The molecule has 0 spiro atoms.